The number of aromatic nitrogens is 1. The monoisotopic (exact) mass is 407 g/mol. The Kier molecular flexibility index (Phi) is 5.97. The molecule has 3 aromatic rings. The summed E-state index contributed by atoms with van der Waals surface area (Å²) in [5.41, 5.74) is 2.77. The number of fused-ring (bicyclic) bond motifs is 1. The first kappa shape index (κ1) is 19.9. The molecule has 1 aromatic heterocycles. The summed E-state index contributed by atoms with van der Waals surface area (Å²) in [6, 6.07) is 15.1. The summed E-state index contributed by atoms with van der Waals surface area (Å²) in [6.07, 6.45) is 2.24. The number of ether oxygens (including phenoxy) is 1. The van der Waals surface area contributed by atoms with Crippen LogP contribution in [-0.4, -0.2) is 36.6 Å². The van der Waals surface area contributed by atoms with Crippen LogP contribution < -0.4 is 10.2 Å². The summed E-state index contributed by atoms with van der Waals surface area (Å²) in [5.74, 6) is -0.422. The normalized spacial score (nSPS) is 14.6. The minimum Gasteiger partial charge on any atom is -0.462 e. The third-order valence-corrected chi connectivity index (χ3v) is 5.24. The molecule has 0 spiro atoms. The van der Waals surface area contributed by atoms with Crippen molar-refractivity contribution in [3.63, 3.8) is 0 Å². The van der Waals surface area contributed by atoms with E-state index in [1.54, 1.807) is 24.3 Å². The van der Waals surface area contributed by atoms with Crippen molar-refractivity contribution in [2.24, 2.45) is 5.92 Å². The predicted molar refractivity (Wildman–Crippen MR) is 115 cm³/mol. The van der Waals surface area contributed by atoms with Gasteiger partial charge in [0, 0.05) is 24.7 Å². The van der Waals surface area contributed by atoms with Gasteiger partial charge in [0.05, 0.1) is 12.2 Å². The molecule has 2 heterocycles. The van der Waals surface area contributed by atoms with Crippen LogP contribution in [0.3, 0.4) is 0 Å². The molecule has 0 unspecified atom stereocenters. The van der Waals surface area contributed by atoms with Crippen molar-refractivity contribution in [1.29, 1.82) is 0 Å². The van der Waals surface area contributed by atoms with Gasteiger partial charge in [0.1, 0.15) is 5.52 Å². The topological polar surface area (TPSA) is 84.7 Å². The number of benzene rings is 2. The highest BCUT2D eigenvalue weighted by Crippen LogP contribution is 2.27. The Hall–Kier alpha value is -3.35. The van der Waals surface area contributed by atoms with Gasteiger partial charge in [-0.3, -0.25) is 4.79 Å². The Bertz CT molecular complexity index is 987. The lowest BCUT2D eigenvalue weighted by atomic mass is 9.96. The zero-order valence-electron chi connectivity index (χ0n) is 17.0. The first-order chi connectivity index (χ1) is 14.6. The second-order valence-electron chi connectivity index (χ2n) is 7.43. The molecule has 4 rings (SSSR count). The fourth-order valence-corrected chi connectivity index (χ4v) is 3.54. The molecule has 0 aliphatic carbocycles. The number of piperidine rings is 1. The number of rotatable bonds is 6. The minimum absolute atomic E-state index is 0.00600. The minimum atomic E-state index is -0.346. The molecule has 0 atom stereocenters. The average molecular weight is 407 g/mol. The van der Waals surface area contributed by atoms with E-state index in [1.165, 1.54) is 0 Å². The third-order valence-electron chi connectivity index (χ3n) is 5.24. The van der Waals surface area contributed by atoms with Crippen LogP contribution >= 0.6 is 0 Å². The fraction of sp³-hybridized carbons (Fsp3) is 0.348. The van der Waals surface area contributed by atoms with Crippen molar-refractivity contribution in [3.8, 4) is 0 Å². The van der Waals surface area contributed by atoms with E-state index in [-0.39, 0.29) is 17.8 Å². The third kappa shape index (κ3) is 4.45. The molecule has 1 saturated heterocycles. The highest BCUT2D eigenvalue weighted by atomic mass is 16.5. The molecule has 0 bridgehead atoms. The van der Waals surface area contributed by atoms with Gasteiger partial charge in [-0.15, -0.1) is 0 Å². The summed E-state index contributed by atoms with van der Waals surface area (Å²) in [5, 5.41) is 2.95. The van der Waals surface area contributed by atoms with E-state index < -0.39 is 0 Å². The van der Waals surface area contributed by atoms with E-state index >= 15 is 0 Å². The molecule has 1 N–H and O–H groups in total. The number of esters is 1. The van der Waals surface area contributed by atoms with Crippen LogP contribution in [0.2, 0.25) is 0 Å². The largest absolute Gasteiger partial charge is 0.462 e. The second-order valence-corrected chi connectivity index (χ2v) is 7.43. The predicted octanol–water partition coefficient (Wildman–Crippen LogP) is 4.25. The Morgan fingerprint density at radius 1 is 1.13 bits per heavy atom. The van der Waals surface area contributed by atoms with E-state index in [0.29, 0.717) is 37.0 Å². The summed E-state index contributed by atoms with van der Waals surface area (Å²) >= 11 is 0. The highest BCUT2D eigenvalue weighted by Gasteiger charge is 2.27. The van der Waals surface area contributed by atoms with Crippen LogP contribution in [0.5, 0.6) is 0 Å². The molecule has 1 amide bonds. The standard InChI is InChI=1S/C23H25N3O4/c1-2-15-29-22(28)17-7-9-18(10-8-17)24-21(27)16-11-13-26(14-12-16)23-25-19-5-3-4-6-20(19)30-23/h3-10,16H,2,11-15H2,1H3,(H,24,27). The smallest absolute Gasteiger partial charge is 0.338 e. The van der Waals surface area contributed by atoms with Gasteiger partial charge in [0.15, 0.2) is 5.58 Å². The van der Waals surface area contributed by atoms with E-state index in [0.717, 1.165) is 30.4 Å². The number of nitrogens with zero attached hydrogens (tertiary/aromatic N) is 2. The zero-order valence-corrected chi connectivity index (χ0v) is 17.0. The van der Waals surface area contributed by atoms with Crippen LogP contribution in [0, 0.1) is 5.92 Å². The number of para-hydroxylation sites is 2. The van der Waals surface area contributed by atoms with Crippen molar-refractivity contribution >= 4 is 34.7 Å². The maximum atomic E-state index is 12.7. The molecule has 156 valence electrons. The number of amides is 1. The van der Waals surface area contributed by atoms with E-state index in [9.17, 15) is 9.59 Å². The summed E-state index contributed by atoms with van der Waals surface area (Å²) < 4.78 is 10.9. The van der Waals surface area contributed by atoms with Gasteiger partial charge in [0.2, 0.25) is 5.91 Å². The van der Waals surface area contributed by atoms with Gasteiger partial charge in [-0.1, -0.05) is 19.1 Å². The number of anilines is 2. The SMILES string of the molecule is CCCOC(=O)c1ccc(NC(=O)C2CCN(c3nc4ccccc4o3)CC2)cc1. The van der Waals surface area contributed by atoms with Gasteiger partial charge in [0.25, 0.3) is 6.01 Å². The summed E-state index contributed by atoms with van der Waals surface area (Å²) in [6.45, 7) is 3.78. The van der Waals surface area contributed by atoms with Crippen molar-refractivity contribution in [2.75, 3.05) is 29.9 Å². The van der Waals surface area contributed by atoms with Crippen LogP contribution in [0.25, 0.3) is 11.1 Å². The van der Waals surface area contributed by atoms with Gasteiger partial charge in [-0.25, -0.2) is 4.79 Å². The highest BCUT2D eigenvalue weighted by molar-refractivity contribution is 5.94. The lowest BCUT2D eigenvalue weighted by Crippen LogP contribution is -2.38. The maximum absolute atomic E-state index is 12.7. The lowest BCUT2D eigenvalue weighted by Gasteiger charge is -2.30. The Morgan fingerprint density at radius 3 is 2.57 bits per heavy atom. The Labute approximate surface area is 175 Å². The Balaban J connectivity index is 1.30. The molecular formula is C23H25N3O4. The number of hydrogen-bond donors (Lipinski definition) is 1. The van der Waals surface area contributed by atoms with Gasteiger partial charge < -0.3 is 19.4 Å². The summed E-state index contributed by atoms with van der Waals surface area (Å²) in [4.78, 5) is 31.1. The lowest BCUT2D eigenvalue weighted by molar-refractivity contribution is -0.120. The molecule has 1 aliphatic heterocycles. The molecular weight excluding hydrogens is 382 g/mol. The molecule has 30 heavy (non-hydrogen) atoms. The van der Waals surface area contributed by atoms with Crippen LogP contribution in [0.4, 0.5) is 11.7 Å². The zero-order chi connectivity index (χ0) is 20.9. The molecule has 1 fully saturated rings. The number of hydrogen-bond acceptors (Lipinski definition) is 6. The number of nitrogens with one attached hydrogen (secondary N) is 1. The first-order valence-corrected chi connectivity index (χ1v) is 10.3. The summed E-state index contributed by atoms with van der Waals surface area (Å²) in [7, 11) is 0. The quantitative estimate of drug-likeness (QED) is 0.615. The van der Waals surface area contributed by atoms with E-state index in [2.05, 4.69) is 15.2 Å². The van der Waals surface area contributed by atoms with Gasteiger partial charge in [-0.05, 0) is 55.7 Å². The van der Waals surface area contributed by atoms with Crippen LogP contribution in [0.15, 0.2) is 52.9 Å². The van der Waals surface area contributed by atoms with Crippen LogP contribution in [-0.2, 0) is 9.53 Å². The molecule has 7 nitrogen and oxygen atoms in total. The van der Waals surface area contributed by atoms with Gasteiger partial charge in [-0.2, -0.15) is 4.98 Å². The second kappa shape index (κ2) is 8.98. The number of carbonyl (C=O) groups is 2. The molecule has 0 saturated carbocycles. The van der Waals surface area contributed by atoms with Crippen molar-refractivity contribution < 1.29 is 18.7 Å². The average Bonchev–Trinajstić information content (AvgIpc) is 3.22. The maximum Gasteiger partial charge on any atom is 0.338 e. The molecule has 2 aromatic carbocycles. The number of carbonyl (C=O) groups excluding carboxylic acids is 2. The molecule has 1 aliphatic rings. The van der Waals surface area contributed by atoms with Crippen molar-refractivity contribution in [3.05, 3.63) is 54.1 Å². The van der Waals surface area contributed by atoms with Crippen LogP contribution in [0.1, 0.15) is 36.5 Å². The molecule has 7 heteroatoms. The molecule has 0 radical (unpaired) electrons. The van der Waals surface area contributed by atoms with Gasteiger partial charge >= 0.3 is 5.97 Å². The van der Waals surface area contributed by atoms with E-state index in [1.807, 2.05) is 31.2 Å². The fourth-order valence-electron chi connectivity index (χ4n) is 3.54. The first-order valence-electron chi connectivity index (χ1n) is 10.3. The van der Waals surface area contributed by atoms with E-state index in [4.69, 9.17) is 9.15 Å². The van der Waals surface area contributed by atoms with Crippen molar-refractivity contribution in [2.45, 2.75) is 26.2 Å². The number of oxazole rings is 1. The Morgan fingerprint density at radius 2 is 1.87 bits per heavy atom. The van der Waals surface area contributed by atoms with Crippen molar-refractivity contribution in [1.82, 2.24) is 4.98 Å².